The van der Waals surface area contributed by atoms with Gasteiger partial charge in [0.05, 0.1) is 0 Å². The van der Waals surface area contributed by atoms with Crippen molar-refractivity contribution in [3.05, 3.63) is 35.9 Å². The lowest BCUT2D eigenvalue weighted by Crippen LogP contribution is -2.33. The minimum Gasteiger partial charge on any atom is -0.356 e. The van der Waals surface area contributed by atoms with E-state index >= 15 is 0 Å². The summed E-state index contributed by atoms with van der Waals surface area (Å²) in [5, 5.41) is 5.47. The van der Waals surface area contributed by atoms with Gasteiger partial charge in [-0.3, -0.25) is 9.59 Å². The maximum Gasteiger partial charge on any atom is 0.229 e. The lowest BCUT2D eigenvalue weighted by molar-refractivity contribution is -0.129. The third-order valence-corrected chi connectivity index (χ3v) is 2.76. The number of amides is 2. The Morgan fingerprint density at radius 2 is 1.70 bits per heavy atom. The fourth-order valence-corrected chi connectivity index (χ4v) is 1.69. The minimum atomic E-state index is -0.251. The largest absolute Gasteiger partial charge is 0.356 e. The summed E-state index contributed by atoms with van der Waals surface area (Å²) < 4.78 is 0. The lowest BCUT2D eigenvalue weighted by atomic mass is 10.2. The number of nitrogens with one attached hydrogen (secondary N) is 2. The van der Waals surface area contributed by atoms with Crippen molar-refractivity contribution >= 4 is 11.8 Å². The fraction of sp³-hybridized carbons (Fsp3) is 0.467. The molecule has 2 amide bonds. The molecule has 0 aliphatic rings. The van der Waals surface area contributed by atoms with Gasteiger partial charge in [0.1, 0.15) is 6.42 Å². The average Bonchev–Trinajstić information content (AvgIpc) is 2.42. The van der Waals surface area contributed by atoms with Crippen LogP contribution < -0.4 is 10.6 Å². The Balaban J connectivity index is 2.13. The number of carbonyl (C=O) groups excluding carboxylic acids is 2. The topological polar surface area (TPSA) is 61.4 Å². The van der Waals surface area contributed by atoms with Crippen LogP contribution >= 0.6 is 0 Å². The highest BCUT2D eigenvalue weighted by atomic mass is 16.2. The van der Waals surface area contributed by atoms with Crippen molar-refractivity contribution in [3.8, 4) is 0 Å². The van der Waals surface area contributed by atoms with E-state index in [1.54, 1.807) is 0 Å². The second kappa shape index (κ2) is 9.09. The van der Waals surface area contributed by atoms with Crippen LogP contribution in [0, 0.1) is 0 Å². The van der Waals surface area contributed by atoms with Gasteiger partial charge in [0.2, 0.25) is 11.8 Å². The number of nitrogens with zero attached hydrogens (tertiary/aromatic N) is 1. The van der Waals surface area contributed by atoms with Gasteiger partial charge in [-0.05, 0) is 32.6 Å². The van der Waals surface area contributed by atoms with Crippen molar-refractivity contribution in [3.63, 3.8) is 0 Å². The quantitative estimate of drug-likeness (QED) is 0.545. The van der Waals surface area contributed by atoms with E-state index in [1.165, 1.54) is 0 Å². The molecule has 0 saturated heterocycles. The van der Waals surface area contributed by atoms with Gasteiger partial charge in [-0.15, -0.1) is 0 Å². The first-order valence-corrected chi connectivity index (χ1v) is 6.80. The highest BCUT2D eigenvalue weighted by Crippen LogP contribution is 1.97. The van der Waals surface area contributed by atoms with Gasteiger partial charge in [0.15, 0.2) is 0 Å². The molecule has 0 unspecified atom stereocenters. The van der Waals surface area contributed by atoms with Crippen LogP contribution in [0.5, 0.6) is 0 Å². The van der Waals surface area contributed by atoms with Gasteiger partial charge < -0.3 is 15.5 Å². The smallest absolute Gasteiger partial charge is 0.229 e. The molecule has 0 spiro atoms. The van der Waals surface area contributed by atoms with Gasteiger partial charge in [-0.1, -0.05) is 30.3 Å². The summed E-state index contributed by atoms with van der Waals surface area (Å²) in [5.41, 5.74) is 1.02. The van der Waals surface area contributed by atoms with Crippen LogP contribution in [0.3, 0.4) is 0 Å². The zero-order valence-corrected chi connectivity index (χ0v) is 12.2. The third kappa shape index (κ3) is 7.53. The van der Waals surface area contributed by atoms with Gasteiger partial charge in [-0.25, -0.2) is 0 Å². The van der Waals surface area contributed by atoms with Crippen molar-refractivity contribution in [2.24, 2.45) is 0 Å². The van der Waals surface area contributed by atoms with Gasteiger partial charge >= 0.3 is 0 Å². The van der Waals surface area contributed by atoms with Crippen molar-refractivity contribution in [1.29, 1.82) is 0 Å². The Hall–Kier alpha value is -1.88. The predicted octanol–water partition coefficient (Wildman–Crippen LogP) is 0.761. The summed E-state index contributed by atoms with van der Waals surface area (Å²) in [6.45, 7) is 1.97. The van der Waals surface area contributed by atoms with Gasteiger partial charge in [0, 0.05) is 13.1 Å². The van der Waals surface area contributed by atoms with E-state index in [0.29, 0.717) is 13.1 Å². The molecule has 0 aromatic heterocycles. The summed E-state index contributed by atoms with van der Waals surface area (Å²) in [5.74, 6) is -0.478. The van der Waals surface area contributed by atoms with E-state index in [4.69, 9.17) is 0 Å². The Labute approximate surface area is 120 Å². The summed E-state index contributed by atoms with van der Waals surface area (Å²) in [6, 6.07) is 9.62. The van der Waals surface area contributed by atoms with E-state index in [1.807, 2.05) is 44.4 Å². The van der Waals surface area contributed by atoms with Crippen LogP contribution in [0.4, 0.5) is 0 Å². The molecule has 1 aromatic carbocycles. The van der Waals surface area contributed by atoms with E-state index in [2.05, 4.69) is 15.5 Å². The molecule has 0 fully saturated rings. The standard InChI is InChI=1S/C15H23N3O2/c1-18(2)10-6-9-16-14(19)11-15(20)17-12-13-7-4-3-5-8-13/h3-5,7-8H,6,9-12H2,1-2H3,(H,16,19)(H,17,20). The number of hydrogen-bond acceptors (Lipinski definition) is 3. The molecule has 0 heterocycles. The van der Waals surface area contributed by atoms with Crippen molar-refractivity contribution in [2.75, 3.05) is 27.2 Å². The van der Waals surface area contributed by atoms with E-state index in [9.17, 15) is 9.59 Å². The summed E-state index contributed by atoms with van der Waals surface area (Å²) in [4.78, 5) is 25.2. The maximum absolute atomic E-state index is 11.6. The number of hydrogen-bond donors (Lipinski definition) is 2. The minimum absolute atomic E-state index is 0.116. The van der Waals surface area contributed by atoms with Crippen molar-refractivity contribution < 1.29 is 9.59 Å². The molecule has 5 heteroatoms. The Kier molecular flexibility index (Phi) is 7.35. The highest BCUT2D eigenvalue weighted by molar-refractivity contribution is 5.96. The number of benzene rings is 1. The molecule has 0 saturated carbocycles. The molecule has 0 atom stereocenters. The first-order valence-electron chi connectivity index (χ1n) is 6.80. The first-order chi connectivity index (χ1) is 9.58. The summed E-state index contributed by atoms with van der Waals surface area (Å²) in [7, 11) is 3.97. The normalized spacial score (nSPS) is 10.3. The Morgan fingerprint density at radius 3 is 2.35 bits per heavy atom. The lowest BCUT2D eigenvalue weighted by Gasteiger charge is -2.10. The SMILES string of the molecule is CN(C)CCCNC(=O)CC(=O)NCc1ccccc1. The van der Waals surface area contributed by atoms with E-state index in [-0.39, 0.29) is 18.2 Å². The molecular formula is C15H23N3O2. The van der Waals surface area contributed by atoms with Crippen LogP contribution in [0.15, 0.2) is 30.3 Å². The van der Waals surface area contributed by atoms with Crippen LogP contribution in [0.25, 0.3) is 0 Å². The van der Waals surface area contributed by atoms with Gasteiger partial charge in [-0.2, -0.15) is 0 Å². The Morgan fingerprint density at radius 1 is 1.05 bits per heavy atom. The third-order valence-electron chi connectivity index (χ3n) is 2.76. The fourth-order valence-electron chi connectivity index (χ4n) is 1.69. The zero-order valence-electron chi connectivity index (χ0n) is 12.2. The molecule has 110 valence electrons. The van der Waals surface area contributed by atoms with Crippen molar-refractivity contribution in [1.82, 2.24) is 15.5 Å². The summed E-state index contributed by atoms with van der Waals surface area (Å²) >= 11 is 0. The second-order valence-corrected chi connectivity index (χ2v) is 4.95. The predicted molar refractivity (Wildman–Crippen MR) is 79.1 cm³/mol. The maximum atomic E-state index is 11.6. The molecular weight excluding hydrogens is 254 g/mol. The average molecular weight is 277 g/mol. The van der Waals surface area contributed by atoms with E-state index < -0.39 is 0 Å². The molecule has 1 aromatic rings. The molecule has 0 aliphatic carbocycles. The molecule has 20 heavy (non-hydrogen) atoms. The first kappa shape index (κ1) is 16.2. The second-order valence-electron chi connectivity index (χ2n) is 4.95. The highest BCUT2D eigenvalue weighted by Gasteiger charge is 2.08. The zero-order chi connectivity index (χ0) is 14.8. The monoisotopic (exact) mass is 277 g/mol. The van der Waals surface area contributed by atoms with Crippen molar-refractivity contribution in [2.45, 2.75) is 19.4 Å². The van der Waals surface area contributed by atoms with Gasteiger partial charge in [0.25, 0.3) is 0 Å². The Bertz CT molecular complexity index is 418. The van der Waals surface area contributed by atoms with Crippen LogP contribution in [-0.2, 0) is 16.1 Å². The van der Waals surface area contributed by atoms with Crippen LogP contribution in [-0.4, -0.2) is 43.9 Å². The number of carbonyl (C=O) groups is 2. The molecule has 0 bridgehead atoms. The van der Waals surface area contributed by atoms with Crippen LogP contribution in [0.2, 0.25) is 0 Å². The molecule has 2 N–H and O–H groups in total. The molecule has 1 rings (SSSR count). The molecule has 0 aliphatic heterocycles. The molecule has 0 radical (unpaired) electrons. The number of rotatable bonds is 8. The summed E-state index contributed by atoms with van der Waals surface area (Å²) in [6.07, 6.45) is 0.763. The van der Waals surface area contributed by atoms with Crippen LogP contribution in [0.1, 0.15) is 18.4 Å². The molecule has 5 nitrogen and oxygen atoms in total. The van der Waals surface area contributed by atoms with E-state index in [0.717, 1.165) is 18.5 Å².